The van der Waals surface area contributed by atoms with Gasteiger partial charge in [-0.1, -0.05) is 19.9 Å². The number of aromatic amines is 1. The van der Waals surface area contributed by atoms with E-state index in [0.717, 1.165) is 24.1 Å². The number of nitrogens with zero attached hydrogens (tertiary/aromatic N) is 3. The number of aromatic nitrogens is 4. The summed E-state index contributed by atoms with van der Waals surface area (Å²) in [6, 6.07) is 8.69. The van der Waals surface area contributed by atoms with Crippen LogP contribution in [0.5, 0.6) is 11.5 Å². The Balaban J connectivity index is 1.60. The van der Waals surface area contributed by atoms with Crippen molar-refractivity contribution >= 4 is 17.8 Å². The molecule has 0 aliphatic heterocycles. The Morgan fingerprint density at radius 2 is 1.94 bits per heavy atom. The number of H-pyrrole nitrogens is 1. The SMILES string of the molecule is COc1ccc(C=CC(=O)Nc2cc(C3CC3)nn2-c2nc(C(C)C)cc(=O)[nH]2)cc1OC. The van der Waals surface area contributed by atoms with E-state index >= 15 is 0 Å². The first-order chi connectivity index (χ1) is 15.9. The zero-order valence-corrected chi connectivity index (χ0v) is 19.1. The topological polar surface area (TPSA) is 111 Å². The molecule has 1 amide bonds. The first kappa shape index (κ1) is 22.3. The molecule has 0 atom stereocenters. The van der Waals surface area contributed by atoms with Gasteiger partial charge in [-0.3, -0.25) is 14.6 Å². The maximum absolute atomic E-state index is 12.7. The Morgan fingerprint density at radius 1 is 1.18 bits per heavy atom. The van der Waals surface area contributed by atoms with E-state index in [1.807, 2.05) is 26.0 Å². The van der Waals surface area contributed by atoms with Gasteiger partial charge in [-0.15, -0.1) is 0 Å². The second-order valence-electron chi connectivity index (χ2n) is 8.23. The molecule has 1 fully saturated rings. The minimum absolute atomic E-state index is 0.0759. The number of methoxy groups -OCH3 is 2. The molecule has 0 bridgehead atoms. The summed E-state index contributed by atoms with van der Waals surface area (Å²) in [6.45, 7) is 3.93. The van der Waals surface area contributed by atoms with Crippen LogP contribution < -0.4 is 20.3 Å². The van der Waals surface area contributed by atoms with Gasteiger partial charge in [-0.25, -0.2) is 4.98 Å². The van der Waals surface area contributed by atoms with Crippen molar-refractivity contribution in [3.05, 3.63) is 63.7 Å². The summed E-state index contributed by atoms with van der Waals surface area (Å²) >= 11 is 0. The highest BCUT2D eigenvalue weighted by Gasteiger charge is 2.28. The fraction of sp³-hybridized carbons (Fsp3) is 0.333. The zero-order valence-electron chi connectivity index (χ0n) is 19.1. The lowest BCUT2D eigenvalue weighted by molar-refractivity contribution is -0.111. The molecule has 9 heteroatoms. The molecule has 2 aromatic heterocycles. The molecular weight excluding hydrogens is 422 g/mol. The van der Waals surface area contributed by atoms with Gasteiger partial charge in [0.05, 0.1) is 25.6 Å². The van der Waals surface area contributed by atoms with Crippen LogP contribution in [-0.2, 0) is 4.79 Å². The van der Waals surface area contributed by atoms with Gasteiger partial charge in [-0.2, -0.15) is 9.78 Å². The van der Waals surface area contributed by atoms with Crippen LogP contribution in [0.4, 0.5) is 5.82 Å². The molecule has 172 valence electrons. The normalized spacial score (nSPS) is 13.5. The molecule has 3 aromatic rings. The summed E-state index contributed by atoms with van der Waals surface area (Å²) in [5.74, 6) is 2.01. The Bertz CT molecular complexity index is 1250. The van der Waals surface area contributed by atoms with E-state index < -0.39 is 0 Å². The summed E-state index contributed by atoms with van der Waals surface area (Å²) < 4.78 is 12.0. The van der Waals surface area contributed by atoms with Crippen molar-refractivity contribution in [1.82, 2.24) is 19.7 Å². The van der Waals surface area contributed by atoms with Crippen molar-refractivity contribution in [2.24, 2.45) is 0 Å². The van der Waals surface area contributed by atoms with Gasteiger partial charge < -0.3 is 14.8 Å². The van der Waals surface area contributed by atoms with E-state index in [1.165, 1.54) is 16.8 Å². The van der Waals surface area contributed by atoms with Gasteiger partial charge in [-0.05, 0) is 42.5 Å². The molecule has 0 radical (unpaired) electrons. The van der Waals surface area contributed by atoms with E-state index in [1.54, 1.807) is 32.4 Å². The molecule has 2 N–H and O–H groups in total. The van der Waals surface area contributed by atoms with Crippen molar-refractivity contribution < 1.29 is 14.3 Å². The van der Waals surface area contributed by atoms with E-state index in [2.05, 4.69) is 20.4 Å². The number of ether oxygens (including phenoxy) is 2. The maximum Gasteiger partial charge on any atom is 0.252 e. The summed E-state index contributed by atoms with van der Waals surface area (Å²) in [4.78, 5) is 32.1. The van der Waals surface area contributed by atoms with Crippen molar-refractivity contribution in [2.45, 2.75) is 38.5 Å². The summed E-state index contributed by atoms with van der Waals surface area (Å²) in [5.41, 5.74) is 2.04. The largest absolute Gasteiger partial charge is 0.493 e. The Kier molecular flexibility index (Phi) is 6.30. The Morgan fingerprint density at radius 3 is 2.61 bits per heavy atom. The quantitative estimate of drug-likeness (QED) is 0.508. The van der Waals surface area contributed by atoms with Gasteiger partial charge in [0.1, 0.15) is 5.82 Å². The van der Waals surface area contributed by atoms with Crippen LogP contribution >= 0.6 is 0 Å². The van der Waals surface area contributed by atoms with Gasteiger partial charge >= 0.3 is 0 Å². The van der Waals surface area contributed by atoms with Crippen molar-refractivity contribution in [3.63, 3.8) is 0 Å². The van der Waals surface area contributed by atoms with Gasteiger partial charge in [0.15, 0.2) is 11.5 Å². The molecule has 1 saturated carbocycles. The van der Waals surface area contributed by atoms with Crippen molar-refractivity contribution in [3.8, 4) is 17.4 Å². The zero-order chi connectivity index (χ0) is 23.5. The summed E-state index contributed by atoms with van der Waals surface area (Å²) in [7, 11) is 3.13. The van der Waals surface area contributed by atoms with Crippen LogP contribution in [0, 0.1) is 0 Å². The smallest absolute Gasteiger partial charge is 0.252 e. The second-order valence-corrected chi connectivity index (χ2v) is 8.23. The maximum atomic E-state index is 12.7. The second kappa shape index (κ2) is 9.32. The lowest BCUT2D eigenvalue weighted by Crippen LogP contribution is -2.18. The number of amides is 1. The van der Waals surface area contributed by atoms with Crippen LogP contribution in [0.25, 0.3) is 12.0 Å². The predicted octanol–water partition coefficient (Wildman–Crippen LogP) is 3.63. The molecule has 0 saturated heterocycles. The first-order valence-electron chi connectivity index (χ1n) is 10.8. The number of rotatable bonds is 8. The van der Waals surface area contributed by atoms with Gasteiger partial charge in [0.25, 0.3) is 5.56 Å². The molecule has 1 aliphatic rings. The van der Waals surface area contributed by atoms with Crippen LogP contribution in [0.15, 0.2) is 41.2 Å². The van der Waals surface area contributed by atoms with Gasteiger partial charge in [0, 0.05) is 24.1 Å². The first-order valence-corrected chi connectivity index (χ1v) is 10.8. The fourth-order valence-electron chi connectivity index (χ4n) is 3.38. The summed E-state index contributed by atoms with van der Waals surface area (Å²) in [6.07, 6.45) is 5.22. The minimum Gasteiger partial charge on any atom is -0.493 e. The van der Waals surface area contributed by atoms with Crippen LogP contribution in [0.3, 0.4) is 0 Å². The molecule has 4 rings (SSSR count). The van der Waals surface area contributed by atoms with E-state index in [9.17, 15) is 9.59 Å². The van der Waals surface area contributed by atoms with E-state index in [4.69, 9.17) is 9.47 Å². The summed E-state index contributed by atoms with van der Waals surface area (Å²) in [5, 5.41) is 7.47. The molecule has 0 spiro atoms. The molecule has 9 nitrogen and oxygen atoms in total. The molecule has 1 aromatic carbocycles. The third-order valence-corrected chi connectivity index (χ3v) is 5.35. The highest BCUT2D eigenvalue weighted by Crippen LogP contribution is 2.40. The lowest BCUT2D eigenvalue weighted by Gasteiger charge is -2.09. The Hall–Kier alpha value is -3.88. The number of hydrogen-bond donors (Lipinski definition) is 2. The number of nitrogens with one attached hydrogen (secondary N) is 2. The van der Waals surface area contributed by atoms with Crippen LogP contribution in [0.1, 0.15) is 55.5 Å². The average Bonchev–Trinajstić information content (AvgIpc) is 3.57. The third-order valence-electron chi connectivity index (χ3n) is 5.35. The standard InChI is InChI=1S/C24H27N5O4/c1-14(2)17-13-23(31)27-24(25-17)29-21(12-18(28-29)16-7-8-16)26-22(30)10-6-15-5-9-19(32-3)20(11-15)33-4/h5-6,9-14,16H,7-8H2,1-4H3,(H,26,30)(H,25,27,31). The molecular formula is C24H27N5O4. The van der Waals surface area contributed by atoms with Gasteiger partial charge in [0.2, 0.25) is 11.9 Å². The minimum atomic E-state index is -0.337. The number of hydrogen-bond acceptors (Lipinski definition) is 6. The number of carbonyl (C=O) groups is 1. The van der Waals surface area contributed by atoms with Crippen LogP contribution in [-0.4, -0.2) is 39.9 Å². The number of carbonyl (C=O) groups excluding carboxylic acids is 1. The number of anilines is 1. The lowest BCUT2D eigenvalue weighted by atomic mass is 10.1. The molecule has 0 unspecified atom stereocenters. The van der Waals surface area contributed by atoms with E-state index in [0.29, 0.717) is 28.9 Å². The highest BCUT2D eigenvalue weighted by atomic mass is 16.5. The predicted molar refractivity (Wildman–Crippen MR) is 125 cm³/mol. The number of benzene rings is 1. The average molecular weight is 450 g/mol. The Labute approximate surface area is 191 Å². The molecule has 1 aliphatic carbocycles. The highest BCUT2D eigenvalue weighted by molar-refractivity contribution is 6.01. The third kappa shape index (κ3) is 5.14. The van der Waals surface area contributed by atoms with Crippen LogP contribution in [0.2, 0.25) is 0 Å². The van der Waals surface area contributed by atoms with Crippen molar-refractivity contribution in [1.29, 1.82) is 0 Å². The van der Waals surface area contributed by atoms with Crippen molar-refractivity contribution in [2.75, 3.05) is 19.5 Å². The van der Waals surface area contributed by atoms with E-state index in [-0.39, 0.29) is 23.3 Å². The monoisotopic (exact) mass is 449 g/mol. The fourth-order valence-corrected chi connectivity index (χ4v) is 3.38. The molecule has 33 heavy (non-hydrogen) atoms. The molecule has 2 heterocycles.